The minimum absolute atomic E-state index is 0.0705. The molecule has 1 unspecified atom stereocenters. The predicted molar refractivity (Wildman–Crippen MR) is 92.0 cm³/mol. The fourth-order valence-corrected chi connectivity index (χ4v) is 3.65. The van der Waals surface area contributed by atoms with E-state index >= 15 is 0 Å². The van der Waals surface area contributed by atoms with Crippen LogP contribution in [-0.4, -0.2) is 26.4 Å². The number of benzene rings is 1. The first kappa shape index (κ1) is 16.6. The lowest BCUT2D eigenvalue weighted by molar-refractivity contribution is -0.119. The molecule has 3 rings (SSSR count). The first-order chi connectivity index (χ1) is 11.0. The molecule has 1 N–H and O–H groups in total. The molecule has 122 valence electrons. The van der Waals surface area contributed by atoms with Crippen LogP contribution in [0.1, 0.15) is 37.4 Å². The summed E-state index contributed by atoms with van der Waals surface area (Å²) in [4.78, 5) is 12.1. The van der Waals surface area contributed by atoms with Crippen LogP contribution < -0.4 is 5.32 Å². The summed E-state index contributed by atoms with van der Waals surface area (Å²) >= 11 is 13.5. The molecule has 1 aromatic carbocycles. The van der Waals surface area contributed by atoms with Gasteiger partial charge in [0, 0.05) is 16.1 Å². The molecule has 1 amide bonds. The van der Waals surface area contributed by atoms with Gasteiger partial charge in [0.2, 0.25) is 5.91 Å². The lowest BCUT2D eigenvalue weighted by Gasteiger charge is -2.16. The Bertz CT molecular complexity index is 717. The van der Waals surface area contributed by atoms with Crippen molar-refractivity contribution in [3.8, 4) is 0 Å². The largest absolute Gasteiger partial charge is 0.349 e. The number of thioether (sulfide) groups is 1. The summed E-state index contributed by atoms with van der Waals surface area (Å²) in [7, 11) is 0. The van der Waals surface area contributed by atoms with Crippen LogP contribution in [0.4, 0.5) is 0 Å². The zero-order valence-electron chi connectivity index (χ0n) is 12.5. The minimum Gasteiger partial charge on any atom is -0.349 e. The first-order valence-electron chi connectivity index (χ1n) is 7.31. The molecule has 1 heterocycles. The number of amides is 1. The monoisotopic (exact) mass is 370 g/mol. The van der Waals surface area contributed by atoms with Crippen LogP contribution in [0.15, 0.2) is 29.7 Å². The highest BCUT2D eigenvalue weighted by Crippen LogP contribution is 2.37. The van der Waals surface area contributed by atoms with Crippen molar-refractivity contribution in [3.05, 3.63) is 40.1 Å². The third-order valence-electron chi connectivity index (χ3n) is 3.62. The van der Waals surface area contributed by atoms with Gasteiger partial charge in [-0.15, -0.1) is 10.2 Å². The molecule has 1 fully saturated rings. The molecule has 5 nitrogen and oxygen atoms in total. The van der Waals surface area contributed by atoms with E-state index in [0.29, 0.717) is 21.8 Å². The van der Waals surface area contributed by atoms with Gasteiger partial charge in [-0.3, -0.25) is 4.79 Å². The van der Waals surface area contributed by atoms with E-state index in [9.17, 15) is 4.79 Å². The van der Waals surface area contributed by atoms with Gasteiger partial charge in [0.15, 0.2) is 5.16 Å². The van der Waals surface area contributed by atoms with Gasteiger partial charge in [-0.05, 0) is 37.5 Å². The van der Waals surface area contributed by atoms with Crippen LogP contribution in [-0.2, 0) is 4.79 Å². The van der Waals surface area contributed by atoms with Crippen LogP contribution in [0.5, 0.6) is 0 Å². The molecule has 1 aliphatic rings. The summed E-state index contributed by atoms with van der Waals surface area (Å²) in [5.41, 5.74) is 0.843. The van der Waals surface area contributed by atoms with Crippen molar-refractivity contribution >= 4 is 40.9 Å². The average molecular weight is 371 g/mol. The molecule has 23 heavy (non-hydrogen) atoms. The van der Waals surface area contributed by atoms with E-state index in [1.165, 1.54) is 11.8 Å². The second-order valence-corrected chi connectivity index (χ2v) is 7.28. The highest BCUT2D eigenvalue weighted by atomic mass is 35.5. The molecular weight excluding hydrogens is 355 g/mol. The predicted octanol–water partition coefficient (Wildman–Crippen LogP) is 3.89. The zero-order chi connectivity index (χ0) is 16.4. The highest BCUT2D eigenvalue weighted by molar-refractivity contribution is 7.99. The van der Waals surface area contributed by atoms with Gasteiger partial charge in [-0.25, -0.2) is 0 Å². The van der Waals surface area contributed by atoms with Crippen LogP contribution >= 0.6 is 35.0 Å². The SMILES string of the molecule is CC(NC(=O)CSc1nncn1C1CC1)c1ccc(Cl)cc1Cl. The van der Waals surface area contributed by atoms with Gasteiger partial charge in [0.1, 0.15) is 6.33 Å². The van der Waals surface area contributed by atoms with E-state index in [1.54, 1.807) is 18.5 Å². The molecule has 1 aliphatic carbocycles. The number of aromatic nitrogens is 3. The fourth-order valence-electron chi connectivity index (χ4n) is 2.28. The first-order valence-corrected chi connectivity index (χ1v) is 9.05. The molecule has 0 saturated heterocycles. The van der Waals surface area contributed by atoms with Gasteiger partial charge in [-0.1, -0.05) is 41.0 Å². The molecule has 0 aliphatic heterocycles. The Kier molecular flexibility index (Phi) is 5.14. The number of hydrogen-bond donors (Lipinski definition) is 1. The summed E-state index contributed by atoms with van der Waals surface area (Å²) in [6.45, 7) is 1.89. The third-order valence-corrected chi connectivity index (χ3v) is 5.14. The summed E-state index contributed by atoms with van der Waals surface area (Å²) < 4.78 is 2.04. The Morgan fingerprint density at radius 2 is 2.26 bits per heavy atom. The summed E-state index contributed by atoms with van der Waals surface area (Å²) in [6, 6.07) is 5.58. The number of rotatable bonds is 6. The van der Waals surface area contributed by atoms with Crippen molar-refractivity contribution in [2.24, 2.45) is 0 Å². The van der Waals surface area contributed by atoms with E-state index in [0.717, 1.165) is 23.6 Å². The van der Waals surface area contributed by atoms with E-state index in [2.05, 4.69) is 15.5 Å². The van der Waals surface area contributed by atoms with Crippen LogP contribution in [0, 0.1) is 0 Å². The number of nitrogens with one attached hydrogen (secondary N) is 1. The number of hydrogen-bond acceptors (Lipinski definition) is 4. The smallest absolute Gasteiger partial charge is 0.230 e. The van der Waals surface area contributed by atoms with Crippen LogP contribution in [0.2, 0.25) is 10.0 Å². The molecule has 2 aromatic rings. The summed E-state index contributed by atoms with van der Waals surface area (Å²) in [6.07, 6.45) is 4.04. The molecule has 1 saturated carbocycles. The maximum Gasteiger partial charge on any atom is 0.230 e. The third kappa shape index (κ3) is 4.19. The second kappa shape index (κ2) is 7.11. The van der Waals surface area contributed by atoms with Crippen molar-refractivity contribution in [1.82, 2.24) is 20.1 Å². The topological polar surface area (TPSA) is 59.8 Å². The van der Waals surface area contributed by atoms with Crippen molar-refractivity contribution in [3.63, 3.8) is 0 Å². The average Bonchev–Trinajstić information content (AvgIpc) is 3.23. The van der Waals surface area contributed by atoms with Crippen molar-refractivity contribution in [2.75, 3.05) is 5.75 Å². The molecule has 8 heteroatoms. The molecule has 1 aromatic heterocycles. The van der Waals surface area contributed by atoms with Crippen molar-refractivity contribution in [2.45, 2.75) is 37.0 Å². The van der Waals surface area contributed by atoms with Crippen molar-refractivity contribution in [1.29, 1.82) is 0 Å². The number of nitrogens with zero attached hydrogens (tertiary/aromatic N) is 3. The number of halogens is 2. The maximum atomic E-state index is 12.1. The Morgan fingerprint density at radius 3 is 2.96 bits per heavy atom. The Labute approximate surface area is 148 Å². The van der Waals surface area contributed by atoms with Gasteiger partial charge in [0.25, 0.3) is 0 Å². The van der Waals surface area contributed by atoms with Gasteiger partial charge in [-0.2, -0.15) is 0 Å². The summed E-state index contributed by atoms with van der Waals surface area (Å²) in [5, 5.41) is 12.8. The molecular formula is C15H16Cl2N4OS. The van der Waals surface area contributed by atoms with Crippen molar-refractivity contribution < 1.29 is 4.79 Å². The van der Waals surface area contributed by atoms with E-state index in [1.807, 2.05) is 17.6 Å². The molecule has 0 spiro atoms. The lowest BCUT2D eigenvalue weighted by atomic mass is 10.1. The molecule has 0 bridgehead atoms. The number of carbonyl (C=O) groups excluding carboxylic acids is 1. The highest BCUT2D eigenvalue weighted by Gasteiger charge is 2.26. The maximum absolute atomic E-state index is 12.1. The zero-order valence-corrected chi connectivity index (χ0v) is 14.8. The normalized spacial score (nSPS) is 15.4. The van der Waals surface area contributed by atoms with E-state index in [-0.39, 0.29) is 11.9 Å². The lowest BCUT2D eigenvalue weighted by Crippen LogP contribution is -2.28. The van der Waals surface area contributed by atoms with Gasteiger partial charge in [0.05, 0.1) is 11.8 Å². The van der Waals surface area contributed by atoms with E-state index < -0.39 is 0 Å². The molecule has 0 radical (unpaired) electrons. The fraction of sp³-hybridized carbons (Fsp3) is 0.400. The van der Waals surface area contributed by atoms with Gasteiger partial charge < -0.3 is 9.88 Å². The Morgan fingerprint density at radius 1 is 1.48 bits per heavy atom. The van der Waals surface area contributed by atoms with E-state index in [4.69, 9.17) is 23.2 Å². The standard InChI is InChI=1S/C15H16Cl2N4OS/c1-9(12-5-2-10(16)6-13(12)17)19-14(22)7-23-15-20-18-8-21(15)11-3-4-11/h2,5-6,8-9,11H,3-4,7H2,1H3,(H,19,22). The van der Waals surface area contributed by atoms with Gasteiger partial charge >= 0.3 is 0 Å². The number of carbonyl (C=O) groups is 1. The molecule has 1 atom stereocenters. The Hall–Kier alpha value is -1.24. The summed E-state index contributed by atoms with van der Waals surface area (Å²) in [5.74, 6) is 0.222. The van der Waals surface area contributed by atoms with Crippen LogP contribution in [0.25, 0.3) is 0 Å². The minimum atomic E-state index is -0.186. The quantitative estimate of drug-likeness (QED) is 0.783. The Balaban J connectivity index is 1.55. The van der Waals surface area contributed by atoms with Crippen LogP contribution in [0.3, 0.4) is 0 Å². The second-order valence-electron chi connectivity index (χ2n) is 5.50.